The minimum absolute atomic E-state index is 0.338. The maximum Gasteiger partial charge on any atom is 0.312 e. The lowest BCUT2D eigenvalue weighted by molar-refractivity contribution is -0.143. The summed E-state index contributed by atoms with van der Waals surface area (Å²) in [4.78, 5) is 23.2. The smallest absolute Gasteiger partial charge is 0.312 e. The lowest BCUT2D eigenvalue weighted by Crippen LogP contribution is -2.32. The van der Waals surface area contributed by atoms with Crippen molar-refractivity contribution >= 4 is 11.9 Å². The molecule has 0 aromatic heterocycles. The number of carboxylic acids is 1. The van der Waals surface area contributed by atoms with Gasteiger partial charge in [0.25, 0.3) is 0 Å². The Hall–Kier alpha value is -2.04. The average molecular weight is 265 g/mol. The molecule has 0 spiro atoms. The number of carbonyl (C=O) groups is 2. The third kappa shape index (κ3) is 5.42. The lowest BCUT2D eigenvalue weighted by Gasteiger charge is -2.16. The van der Waals surface area contributed by atoms with E-state index in [4.69, 9.17) is 9.84 Å². The van der Waals surface area contributed by atoms with E-state index in [1.807, 2.05) is 26.0 Å². The number of carboxylic acid groups (broad SMARTS) is 1. The largest absolute Gasteiger partial charge is 0.492 e. The van der Waals surface area contributed by atoms with Crippen LogP contribution in [0, 0.1) is 13.8 Å². The van der Waals surface area contributed by atoms with Gasteiger partial charge in [0.1, 0.15) is 18.8 Å². The highest BCUT2D eigenvalue weighted by atomic mass is 16.5. The van der Waals surface area contributed by atoms with Gasteiger partial charge in [-0.2, -0.15) is 0 Å². The molecule has 5 heteroatoms. The van der Waals surface area contributed by atoms with Crippen LogP contribution in [0.2, 0.25) is 0 Å². The van der Waals surface area contributed by atoms with Crippen molar-refractivity contribution in [2.45, 2.75) is 20.3 Å². The van der Waals surface area contributed by atoms with Crippen molar-refractivity contribution in [3.05, 3.63) is 29.3 Å². The molecular weight excluding hydrogens is 246 g/mol. The number of benzene rings is 1. The summed E-state index contributed by atoms with van der Waals surface area (Å²) in [7, 11) is 1.57. The molecule has 0 saturated carbocycles. The minimum atomic E-state index is -1.12. The van der Waals surface area contributed by atoms with Crippen molar-refractivity contribution in [2.24, 2.45) is 0 Å². The van der Waals surface area contributed by atoms with E-state index in [9.17, 15) is 9.59 Å². The Morgan fingerprint density at radius 3 is 2.32 bits per heavy atom. The summed E-state index contributed by atoms with van der Waals surface area (Å²) in [5.74, 6) is -0.778. The Kier molecular flexibility index (Phi) is 5.36. The number of amides is 1. The van der Waals surface area contributed by atoms with Gasteiger partial charge in [-0.1, -0.05) is 6.07 Å². The second-order valence-corrected chi connectivity index (χ2v) is 4.56. The van der Waals surface area contributed by atoms with Crippen LogP contribution in [-0.2, 0) is 9.59 Å². The van der Waals surface area contributed by atoms with Gasteiger partial charge in [0.15, 0.2) is 0 Å². The third-order valence-corrected chi connectivity index (χ3v) is 2.62. The zero-order chi connectivity index (χ0) is 14.4. The number of hydrogen-bond donors (Lipinski definition) is 1. The zero-order valence-corrected chi connectivity index (χ0v) is 11.5. The fraction of sp³-hybridized carbons (Fsp3) is 0.429. The van der Waals surface area contributed by atoms with Crippen molar-refractivity contribution in [3.8, 4) is 5.75 Å². The summed E-state index contributed by atoms with van der Waals surface area (Å²) >= 11 is 0. The maximum atomic E-state index is 11.4. The fourth-order valence-corrected chi connectivity index (χ4v) is 1.71. The van der Waals surface area contributed by atoms with Crippen LogP contribution in [-0.4, -0.2) is 42.1 Å². The Labute approximate surface area is 112 Å². The molecule has 0 saturated heterocycles. The average Bonchev–Trinajstić information content (AvgIpc) is 2.26. The molecule has 0 aliphatic rings. The summed E-state index contributed by atoms with van der Waals surface area (Å²) in [6.45, 7) is 4.68. The molecule has 104 valence electrons. The highest BCUT2D eigenvalue weighted by Crippen LogP contribution is 2.15. The quantitative estimate of drug-likeness (QED) is 0.794. The van der Waals surface area contributed by atoms with E-state index in [-0.39, 0.29) is 0 Å². The van der Waals surface area contributed by atoms with Crippen LogP contribution in [0.1, 0.15) is 17.5 Å². The van der Waals surface area contributed by atoms with E-state index in [1.165, 1.54) is 4.90 Å². The monoisotopic (exact) mass is 265 g/mol. The van der Waals surface area contributed by atoms with Crippen LogP contribution in [0.5, 0.6) is 5.75 Å². The van der Waals surface area contributed by atoms with E-state index < -0.39 is 18.3 Å². The number of aryl methyl sites for hydroxylation is 2. The number of carbonyl (C=O) groups excluding carboxylic acids is 1. The molecule has 0 aliphatic heterocycles. The summed E-state index contributed by atoms with van der Waals surface area (Å²) in [5.41, 5.74) is 2.23. The summed E-state index contributed by atoms with van der Waals surface area (Å²) < 4.78 is 5.55. The van der Waals surface area contributed by atoms with Crippen molar-refractivity contribution in [3.63, 3.8) is 0 Å². The first-order chi connectivity index (χ1) is 8.88. The van der Waals surface area contributed by atoms with Gasteiger partial charge in [0, 0.05) is 7.05 Å². The molecule has 0 unspecified atom stereocenters. The number of nitrogens with zero attached hydrogens (tertiary/aromatic N) is 1. The van der Waals surface area contributed by atoms with Crippen molar-refractivity contribution in [1.29, 1.82) is 0 Å². The standard InChI is InChI=1S/C14H19NO4/c1-10-6-11(2)8-12(7-10)19-5-4-15(3)13(16)9-14(17)18/h6-8H,4-5,9H2,1-3H3,(H,17,18). The van der Waals surface area contributed by atoms with Crippen LogP contribution in [0.3, 0.4) is 0 Å². The number of aliphatic carboxylic acids is 1. The molecule has 0 heterocycles. The van der Waals surface area contributed by atoms with E-state index in [1.54, 1.807) is 7.05 Å². The molecule has 0 bridgehead atoms. The first kappa shape index (κ1) is 15.0. The maximum absolute atomic E-state index is 11.4. The first-order valence-electron chi connectivity index (χ1n) is 6.05. The molecule has 1 N–H and O–H groups in total. The van der Waals surface area contributed by atoms with Gasteiger partial charge < -0.3 is 14.7 Å². The molecule has 0 atom stereocenters. The molecule has 1 aromatic rings. The number of hydrogen-bond acceptors (Lipinski definition) is 3. The van der Waals surface area contributed by atoms with Crippen molar-refractivity contribution in [1.82, 2.24) is 4.90 Å². The van der Waals surface area contributed by atoms with Crippen LogP contribution in [0.15, 0.2) is 18.2 Å². The Morgan fingerprint density at radius 1 is 1.21 bits per heavy atom. The molecule has 0 aliphatic carbocycles. The molecular formula is C14H19NO4. The zero-order valence-electron chi connectivity index (χ0n) is 11.5. The summed E-state index contributed by atoms with van der Waals surface area (Å²) in [5, 5.41) is 8.52. The van der Waals surface area contributed by atoms with E-state index in [2.05, 4.69) is 6.07 Å². The van der Waals surface area contributed by atoms with Crippen LogP contribution >= 0.6 is 0 Å². The predicted octanol–water partition coefficient (Wildman–Crippen LogP) is 1.62. The van der Waals surface area contributed by atoms with Crippen molar-refractivity contribution < 1.29 is 19.4 Å². The third-order valence-electron chi connectivity index (χ3n) is 2.62. The van der Waals surface area contributed by atoms with Gasteiger partial charge in [-0.15, -0.1) is 0 Å². The topological polar surface area (TPSA) is 66.8 Å². The van der Waals surface area contributed by atoms with Gasteiger partial charge >= 0.3 is 5.97 Å². The van der Waals surface area contributed by atoms with Crippen LogP contribution in [0.4, 0.5) is 0 Å². The van der Waals surface area contributed by atoms with E-state index in [0.717, 1.165) is 16.9 Å². The van der Waals surface area contributed by atoms with Crippen LogP contribution in [0.25, 0.3) is 0 Å². The minimum Gasteiger partial charge on any atom is -0.492 e. The molecule has 0 fully saturated rings. The number of likely N-dealkylation sites (N-methyl/N-ethyl adjacent to an activating group) is 1. The summed E-state index contributed by atoms with van der Waals surface area (Å²) in [6.07, 6.45) is -0.486. The van der Waals surface area contributed by atoms with E-state index >= 15 is 0 Å². The normalized spacial score (nSPS) is 10.1. The summed E-state index contributed by atoms with van der Waals surface area (Å²) in [6, 6.07) is 5.90. The highest BCUT2D eigenvalue weighted by molar-refractivity contribution is 5.93. The number of ether oxygens (including phenoxy) is 1. The molecule has 19 heavy (non-hydrogen) atoms. The van der Waals surface area contributed by atoms with Gasteiger partial charge in [-0.25, -0.2) is 0 Å². The lowest BCUT2D eigenvalue weighted by atomic mass is 10.1. The van der Waals surface area contributed by atoms with Gasteiger partial charge in [-0.3, -0.25) is 9.59 Å². The Morgan fingerprint density at radius 2 is 1.79 bits per heavy atom. The SMILES string of the molecule is Cc1cc(C)cc(OCCN(C)C(=O)CC(=O)O)c1. The molecule has 1 amide bonds. The molecule has 1 rings (SSSR count). The van der Waals surface area contributed by atoms with Crippen molar-refractivity contribution in [2.75, 3.05) is 20.2 Å². The van der Waals surface area contributed by atoms with Gasteiger partial charge in [-0.05, 0) is 37.1 Å². The Bertz CT molecular complexity index is 450. The fourth-order valence-electron chi connectivity index (χ4n) is 1.71. The molecule has 1 aromatic carbocycles. The van der Waals surface area contributed by atoms with E-state index in [0.29, 0.717) is 13.2 Å². The highest BCUT2D eigenvalue weighted by Gasteiger charge is 2.12. The molecule has 5 nitrogen and oxygen atoms in total. The Balaban J connectivity index is 2.41. The molecule has 0 radical (unpaired) electrons. The first-order valence-corrected chi connectivity index (χ1v) is 6.05. The second kappa shape index (κ2) is 6.78. The van der Waals surface area contributed by atoms with Crippen LogP contribution < -0.4 is 4.74 Å². The predicted molar refractivity (Wildman–Crippen MR) is 71.3 cm³/mol. The second-order valence-electron chi connectivity index (χ2n) is 4.56. The van der Waals surface area contributed by atoms with Gasteiger partial charge in [0.2, 0.25) is 5.91 Å². The van der Waals surface area contributed by atoms with Gasteiger partial charge in [0.05, 0.1) is 6.54 Å². The number of rotatable bonds is 6.